The number of hydrogen-bond donors (Lipinski definition) is 3. The first-order chi connectivity index (χ1) is 19.2. The molecule has 1 spiro atoms. The smallest absolute Gasteiger partial charge is 0.323 e. The van der Waals surface area contributed by atoms with E-state index < -0.39 is 17.8 Å². The highest BCUT2D eigenvalue weighted by Gasteiger charge is 2.53. The molecule has 0 saturated carbocycles. The van der Waals surface area contributed by atoms with Gasteiger partial charge in [-0.05, 0) is 44.7 Å². The van der Waals surface area contributed by atoms with Crippen molar-refractivity contribution in [3.63, 3.8) is 0 Å². The summed E-state index contributed by atoms with van der Waals surface area (Å²) in [4.78, 5) is 21.4. The molecule has 2 aromatic heterocycles. The quantitative estimate of drug-likeness (QED) is 0.462. The van der Waals surface area contributed by atoms with Crippen LogP contribution in [0.4, 0.5) is 21.3 Å². The largest absolute Gasteiger partial charge is 0.461 e. The van der Waals surface area contributed by atoms with E-state index in [0.29, 0.717) is 61.5 Å². The van der Waals surface area contributed by atoms with Crippen molar-refractivity contribution in [3.05, 3.63) is 16.0 Å². The van der Waals surface area contributed by atoms with Gasteiger partial charge in [-0.3, -0.25) is 4.90 Å². The number of nitrogens with two attached hydrogens (primary N) is 1. The molecule has 0 unspecified atom stereocenters. The number of nitrogens with zero attached hydrogens (tertiary/aromatic N) is 7. The van der Waals surface area contributed by atoms with Gasteiger partial charge in [-0.15, -0.1) is 11.3 Å². The minimum absolute atomic E-state index is 0.158. The van der Waals surface area contributed by atoms with Gasteiger partial charge in [-0.25, -0.2) is 4.39 Å². The van der Waals surface area contributed by atoms with Gasteiger partial charge in [0.05, 0.1) is 29.4 Å². The lowest BCUT2D eigenvalue weighted by molar-refractivity contribution is 0.107. The molecular formula is C27H35FN8O3S. The SMILES string of the molecule is C[C@@]1(CO)C[C@@H](O)CN1c1nc(OC[C@@]23CCCN2C[C@H](F)C3)nc(N2CC3(CCc4sc(N)c(C#N)c43)C2)n1. The van der Waals surface area contributed by atoms with Crippen LogP contribution in [0.15, 0.2) is 0 Å². The lowest BCUT2D eigenvalue weighted by Crippen LogP contribution is -2.59. The van der Waals surface area contributed by atoms with Crippen LogP contribution in [0.1, 0.15) is 55.0 Å². The van der Waals surface area contributed by atoms with Crippen molar-refractivity contribution in [1.29, 1.82) is 5.26 Å². The van der Waals surface area contributed by atoms with Gasteiger partial charge in [0.25, 0.3) is 0 Å². The van der Waals surface area contributed by atoms with E-state index in [0.717, 1.165) is 37.8 Å². The van der Waals surface area contributed by atoms with Gasteiger partial charge in [0.15, 0.2) is 0 Å². The number of nitrogen functional groups attached to an aromatic ring is 1. The summed E-state index contributed by atoms with van der Waals surface area (Å²) in [6.45, 7) is 4.90. The number of nitriles is 1. The minimum Gasteiger partial charge on any atom is -0.461 e. The number of anilines is 3. The van der Waals surface area contributed by atoms with Crippen LogP contribution >= 0.6 is 11.3 Å². The zero-order valence-corrected chi connectivity index (χ0v) is 23.5. The maximum atomic E-state index is 14.3. The van der Waals surface area contributed by atoms with Crippen molar-refractivity contribution in [2.24, 2.45) is 0 Å². The van der Waals surface area contributed by atoms with Gasteiger partial charge in [-0.2, -0.15) is 20.2 Å². The summed E-state index contributed by atoms with van der Waals surface area (Å²) >= 11 is 1.52. The Kier molecular flexibility index (Phi) is 5.95. The highest BCUT2D eigenvalue weighted by Crippen LogP contribution is 2.52. The topological polar surface area (TPSA) is 148 Å². The molecule has 0 amide bonds. The standard InChI is InChI=1S/C27H35FN8O3S/c1-25(14-37)8-17(38)11-36(25)23-31-22(32-24(33-23)39-15-27-4-2-6-35(27)10-16(28)7-27)34-12-26(13-34)5-3-19-20(26)18(9-29)21(30)40-19/h16-17,37-38H,2-8,10-15,30H2,1H3/t16-,17-,25+,27+/m1/s1. The molecule has 11 nitrogen and oxygen atoms in total. The Bertz CT molecular complexity index is 1380. The van der Waals surface area contributed by atoms with Gasteiger partial charge in [0.2, 0.25) is 11.9 Å². The molecule has 7 rings (SSSR count). The summed E-state index contributed by atoms with van der Waals surface area (Å²) < 4.78 is 20.6. The molecule has 4 N–H and O–H groups in total. The van der Waals surface area contributed by atoms with Crippen LogP contribution in [-0.4, -0.2) is 99.4 Å². The molecule has 5 aliphatic rings. The normalized spacial score (nSPS) is 32.4. The van der Waals surface area contributed by atoms with Gasteiger partial charge < -0.3 is 30.5 Å². The Morgan fingerprint density at radius 2 is 2.00 bits per heavy atom. The van der Waals surface area contributed by atoms with Crippen LogP contribution in [0, 0.1) is 11.3 Å². The fourth-order valence-corrected chi connectivity index (χ4v) is 9.00. The Morgan fingerprint density at radius 1 is 1.20 bits per heavy atom. The number of alkyl halides is 1. The Hall–Kier alpha value is -2.79. The molecule has 6 heterocycles. The number of rotatable bonds is 6. The van der Waals surface area contributed by atoms with Crippen LogP contribution in [0.2, 0.25) is 0 Å². The zero-order valence-electron chi connectivity index (χ0n) is 22.6. The molecular weight excluding hydrogens is 535 g/mol. The maximum absolute atomic E-state index is 14.3. The van der Waals surface area contributed by atoms with Crippen molar-refractivity contribution in [2.45, 2.75) is 74.2 Å². The molecule has 40 heavy (non-hydrogen) atoms. The number of ether oxygens (including phenoxy) is 1. The molecule has 4 aliphatic heterocycles. The molecule has 2 aromatic rings. The summed E-state index contributed by atoms with van der Waals surface area (Å²) in [7, 11) is 0. The van der Waals surface area contributed by atoms with Crippen molar-refractivity contribution >= 4 is 28.2 Å². The number of aryl methyl sites for hydroxylation is 1. The number of aliphatic hydroxyl groups excluding tert-OH is 2. The second kappa shape index (κ2) is 9.11. The second-order valence-corrected chi connectivity index (χ2v) is 13.7. The number of β-amino-alcohol motifs (C(OH)–C–C–N with tert-alkyl or cyclic N) is 1. The summed E-state index contributed by atoms with van der Waals surface area (Å²) in [5.74, 6) is 0.798. The van der Waals surface area contributed by atoms with E-state index >= 15 is 0 Å². The van der Waals surface area contributed by atoms with Crippen molar-refractivity contribution < 1.29 is 19.3 Å². The second-order valence-electron chi connectivity index (χ2n) is 12.6. The Balaban J connectivity index is 1.19. The van der Waals surface area contributed by atoms with Crippen LogP contribution in [0.5, 0.6) is 6.01 Å². The van der Waals surface area contributed by atoms with E-state index in [9.17, 15) is 19.9 Å². The number of hydrogen-bond acceptors (Lipinski definition) is 12. The van der Waals surface area contributed by atoms with E-state index in [1.54, 1.807) is 0 Å². The van der Waals surface area contributed by atoms with Gasteiger partial charge >= 0.3 is 6.01 Å². The van der Waals surface area contributed by atoms with E-state index in [1.807, 2.05) is 11.8 Å². The van der Waals surface area contributed by atoms with E-state index in [2.05, 4.69) is 20.9 Å². The fraction of sp³-hybridized carbons (Fsp3) is 0.704. The molecule has 1 aliphatic carbocycles. The average molecular weight is 571 g/mol. The number of aromatic nitrogens is 3. The number of aliphatic hydroxyl groups is 2. The first-order valence-corrected chi connectivity index (χ1v) is 14.9. The lowest BCUT2D eigenvalue weighted by atomic mass is 9.74. The predicted molar refractivity (Wildman–Crippen MR) is 147 cm³/mol. The number of thiophene rings is 1. The summed E-state index contributed by atoms with van der Waals surface area (Å²) in [6, 6.07) is 2.48. The van der Waals surface area contributed by atoms with E-state index in [-0.39, 0.29) is 30.1 Å². The monoisotopic (exact) mass is 570 g/mol. The van der Waals surface area contributed by atoms with Crippen LogP contribution < -0.4 is 20.3 Å². The highest BCUT2D eigenvalue weighted by atomic mass is 32.1. The number of halogens is 1. The molecule has 0 aromatic carbocycles. The first kappa shape index (κ1) is 26.1. The third-order valence-electron chi connectivity index (χ3n) is 9.88. The van der Waals surface area contributed by atoms with Crippen molar-refractivity contribution in [3.8, 4) is 12.1 Å². The van der Waals surface area contributed by atoms with E-state index in [4.69, 9.17) is 20.4 Å². The van der Waals surface area contributed by atoms with Gasteiger partial charge in [0.1, 0.15) is 23.8 Å². The third-order valence-corrected chi connectivity index (χ3v) is 11.0. The highest BCUT2D eigenvalue weighted by molar-refractivity contribution is 7.16. The average Bonchev–Trinajstić information content (AvgIpc) is 3.67. The molecule has 4 fully saturated rings. The molecule has 214 valence electrons. The predicted octanol–water partition coefficient (Wildman–Crippen LogP) is 1.37. The van der Waals surface area contributed by atoms with Gasteiger partial charge in [-0.1, -0.05) is 0 Å². The Morgan fingerprint density at radius 3 is 2.77 bits per heavy atom. The van der Waals surface area contributed by atoms with Crippen molar-refractivity contribution in [1.82, 2.24) is 19.9 Å². The maximum Gasteiger partial charge on any atom is 0.323 e. The minimum atomic E-state index is -0.859. The fourth-order valence-electron chi connectivity index (χ4n) is 7.86. The molecule has 0 radical (unpaired) electrons. The number of fused-ring (bicyclic) bond motifs is 3. The van der Waals surface area contributed by atoms with Crippen molar-refractivity contribution in [2.75, 3.05) is 61.5 Å². The van der Waals surface area contributed by atoms with Crippen LogP contribution in [-0.2, 0) is 11.8 Å². The third kappa shape index (κ3) is 3.87. The summed E-state index contributed by atoms with van der Waals surface area (Å²) in [5, 5.41) is 31.0. The van der Waals surface area contributed by atoms with Crippen LogP contribution in [0.25, 0.3) is 0 Å². The van der Waals surface area contributed by atoms with Gasteiger partial charge in [0, 0.05) is 49.3 Å². The summed E-state index contributed by atoms with van der Waals surface area (Å²) in [6.07, 6.45) is 3.10. The molecule has 0 bridgehead atoms. The first-order valence-electron chi connectivity index (χ1n) is 14.1. The Labute approximate surface area is 236 Å². The molecule has 13 heteroatoms. The molecule has 4 atom stereocenters. The van der Waals surface area contributed by atoms with Crippen LogP contribution in [0.3, 0.4) is 0 Å². The lowest BCUT2D eigenvalue weighted by Gasteiger charge is -2.48. The summed E-state index contributed by atoms with van der Waals surface area (Å²) in [5.41, 5.74) is 6.61. The molecule has 4 saturated heterocycles. The zero-order chi connectivity index (χ0) is 27.9. The van der Waals surface area contributed by atoms with E-state index in [1.165, 1.54) is 16.2 Å².